The first-order chi connectivity index (χ1) is 9.13. The smallest absolute Gasteiger partial charge is 0.221 e. The number of likely N-dealkylation sites (tertiary alicyclic amines) is 1. The zero-order valence-electron chi connectivity index (χ0n) is 11.8. The maximum Gasteiger partial charge on any atom is 0.221 e. The number of nitrogens with two attached hydrogens (primary N) is 1. The normalized spacial score (nSPS) is 20.6. The van der Waals surface area contributed by atoms with E-state index in [9.17, 15) is 0 Å². The van der Waals surface area contributed by atoms with Crippen LogP contribution in [0.1, 0.15) is 26.7 Å². The predicted octanol–water partition coefficient (Wildman–Crippen LogP) is 1.16. The number of guanidine groups is 2. The minimum absolute atomic E-state index is 0.233. The molecule has 1 aliphatic heterocycles. The molecule has 106 valence electrons. The third-order valence-corrected chi connectivity index (χ3v) is 2.86. The van der Waals surface area contributed by atoms with Gasteiger partial charge in [0.2, 0.25) is 5.96 Å². The second kappa shape index (κ2) is 8.29. The van der Waals surface area contributed by atoms with Crippen molar-refractivity contribution in [2.24, 2.45) is 21.6 Å². The van der Waals surface area contributed by atoms with Crippen molar-refractivity contribution in [2.75, 3.05) is 19.6 Å². The van der Waals surface area contributed by atoms with Gasteiger partial charge in [-0.3, -0.25) is 10.4 Å². The minimum Gasteiger partial charge on any atom is -0.370 e. The van der Waals surface area contributed by atoms with Crippen molar-refractivity contribution in [3.8, 4) is 0 Å². The summed E-state index contributed by atoms with van der Waals surface area (Å²) in [6, 6.07) is 0. The molecule has 4 N–H and O–H groups in total. The number of allylic oxidation sites excluding steroid dienone is 1. The van der Waals surface area contributed by atoms with E-state index in [1.165, 1.54) is 0 Å². The number of nitrogens with zero attached hydrogens (tertiary/aromatic N) is 3. The summed E-state index contributed by atoms with van der Waals surface area (Å²) in [6.45, 7) is 6.52. The first-order valence-electron chi connectivity index (χ1n) is 6.71. The quantitative estimate of drug-likeness (QED) is 0.526. The van der Waals surface area contributed by atoms with E-state index < -0.39 is 0 Å². The molecule has 0 spiro atoms. The highest BCUT2D eigenvalue weighted by molar-refractivity contribution is 5.93. The lowest BCUT2D eigenvalue weighted by Crippen LogP contribution is -2.36. The van der Waals surface area contributed by atoms with Gasteiger partial charge in [0.05, 0.1) is 6.54 Å². The summed E-state index contributed by atoms with van der Waals surface area (Å²) in [7, 11) is 0. The van der Waals surface area contributed by atoms with E-state index in [4.69, 9.17) is 11.1 Å². The first-order valence-corrected chi connectivity index (χ1v) is 6.71. The summed E-state index contributed by atoms with van der Waals surface area (Å²) in [5.41, 5.74) is 5.71. The molecule has 1 unspecified atom stereocenters. The fourth-order valence-electron chi connectivity index (χ4n) is 1.78. The molecule has 0 aromatic heterocycles. The standard InChI is InChI=1S/C13H24N6/c1-3-4-6-16-7-8-17-12(14)18-13(15)19-9-5-11(2)10-19/h4,6-7,11H,3,5,8-10H2,1-2H3,(H4,14,15,17,18)/b6-4-,16-7?. The maximum atomic E-state index is 7.85. The molecule has 1 heterocycles. The molecule has 6 nitrogen and oxygen atoms in total. The number of hydrogen-bond donors (Lipinski definition) is 3. The second-order valence-electron chi connectivity index (χ2n) is 4.67. The highest BCUT2D eigenvalue weighted by atomic mass is 15.3. The lowest BCUT2D eigenvalue weighted by Gasteiger charge is -2.15. The molecule has 1 saturated heterocycles. The molecule has 0 aliphatic carbocycles. The first kappa shape index (κ1) is 15.2. The highest BCUT2D eigenvalue weighted by Crippen LogP contribution is 2.14. The summed E-state index contributed by atoms with van der Waals surface area (Å²) < 4.78 is 0. The fourth-order valence-corrected chi connectivity index (χ4v) is 1.78. The summed E-state index contributed by atoms with van der Waals surface area (Å²) >= 11 is 0. The number of hydrogen-bond acceptors (Lipinski definition) is 2. The third kappa shape index (κ3) is 6.03. The van der Waals surface area contributed by atoms with Crippen LogP contribution in [-0.4, -0.2) is 42.7 Å². The van der Waals surface area contributed by atoms with Gasteiger partial charge in [-0.15, -0.1) is 0 Å². The monoisotopic (exact) mass is 264 g/mol. The Morgan fingerprint density at radius 2 is 2.37 bits per heavy atom. The van der Waals surface area contributed by atoms with Gasteiger partial charge in [-0.05, 0) is 18.8 Å². The Hall–Kier alpha value is -1.85. The molecular weight excluding hydrogens is 240 g/mol. The Kier molecular flexibility index (Phi) is 6.63. The van der Waals surface area contributed by atoms with Crippen LogP contribution < -0.4 is 11.1 Å². The Morgan fingerprint density at radius 3 is 3.00 bits per heavy atom. The van der Waals surface area contributed by atoms with Gasteiger partial charge in [-0.25, -0.2) is 0 Å². The Labute approximate surface area is 115 Å². The molecule has 0 amide bonds. The fraction of sp³-hybridized carbons (Fsp3) is 0.615. The SMILES string of the molecule is CC/C=C\N=CCNC(N)=NC(=N)N1CCC(C)C1. The number of nitrogens with one attached hydrogen (secondary N) is 2. The van der Waals surface area contributed by atoms with Gasteiger partial charge >= 0.3 is 0 Å². The van der Waals surface area contributed by atoms with Crippen molar-refractivity contribution in [1.29, 1.82) is 5.41 Å². The van der Waals surface area contributed by atoms with Gasteiger partial charge in [0.1, 0.15) is 0 Å². The van der Waals surface area contributed by atoms with Crippen molar-refractivity contribution in [2.45, 2.75) is 26.7 Å². The van der Waals surface area contributed by atoms with Crippen LogP contribution in [-0.2, 0) is 0 Å². The van der Waals surface area contributed by atoms with Crippen LogP contribution in [0.15, 0.2) is 22.3 Å². The predicted molar refractivity (Wildman–Crippen MR) is 80.6 cm³/mol. The van der Waals surface area contributed by atoms with Gasteiger partial charge in [0.25, 0.3) is 0 Å². The molecule has 6 heteroatoms. The van der Waals surface area contributed by atoms with E-state index in [0.29, 0.717) is 12.5 Å². The molecule has 0 radical (unpaired) electrons. The van der Waals surface area contributed by atoms with E-state index >= 15 is 0 Å². The molecule has 1 aliphatic rings. The van der Waals surface area contributed by atoms with Crippen LogP contribution in [0.3, 0.4) is 0 Å². The zero-order valence-corrected chi connectivity index (χ0v) is 11.8. The van der Waals surface area contributed by atoms with Crippen LogP contribution in [0, 0.1) is 11.3 Å². The van der Waals surface area contributed by atoms with Crippen molar-refractivity contribution < 1.29 is 0 Å². The van der Waals surface area contributed by atoms with Gasteiger partial charge in [-0.1, -0.05) is 19.9 Å². The van der Waals surface area contributed by atoms with Crippen molar-refractivity contribution in [3.05, 3.63) is 12.3 Å². The van der Waals surface area contributed by atoms with Gasteiger partial charge < -0.3 is 16.0 Å². The Morgan fingerprint density at radius 1 is 1.58 bits per heavy atom. The third-order valence-electron chi connectivity index (χ3n) is 2.86. The van der Waals surface area contributed by atoms with Crippen LogP contribution >= 0.6 is 0 Å². The van der Waals surface area contributed by atoms with E-state index in [1.54, 1.807) is 12.4 Å². The Bertz CT molecular complexity index is 371. The maximum absolute atomic E-state index is 7.85. The van der Waals surface area contributed by atoms with Gasteiger partial charge in [0.15, 0.2) is 5.96 Å². The highest BCUT2D eigenvalue weighted by Gasteiger charge is 2.20. The molecule has 0 bridgehead atoms. The van der Waals surface area contributed by atoms with Crippen molar-refractivity contribution >= 4 is 18.1 Å². The number of aliphatic imine (C=N–C) groups is 2. The lowest BCUT2D eigenvalue weighted by molar-refractivity contribution is 0.486. The molecule has 1 fully saturated rings. The molecule has 0 saturated carbocycles. The zero-order chi connectivity index (χ0) is 14.1. The van der Waals surface area contributed by atoms with Crippen LogP contribution in [0.5, 0.6) is 0 Å². The van der Waals surface area contributed by atoms with Crippen molar-refractivity contribution in [3.63, 3.8) is 0 Å². The van der Waals surface area contributed by atoms with Gasteiger partial charge in [-0.2, -0.15) is 4.99 Å². The summed E-state index contributed by atoms with van der Waals surface area (Å²) in [5, 5.41) is 10.8. The van der Waals surface area contributed by atoms with Gasteiger partial charge in [0, 0.05) is 25.5 Å². The second-order valence-corrected chi connectivity index (χ2v) is 4.67. The Balaban J connectivity index is 2.30. The van der Waals surface area contributed by atoms with E-state index in [2.05, 4.69) is 29.1 Å². The van der Waals surface area contributed by atoms with Crippen LogP contribution in [0.4, 0.5) is 0 Å². The number of rotatable bonds is 4. The largest absolute Gasteiger partial charge is 0.370 e. The lowest BCUT2D eigenvalue weighted by atomic mass is 10.2. The topological polar surface area (TPSA) is 89.9 Å². The summed E-state index contributed by atoms with van der Waals surface area (Å²) in [5.74, 6) is 1.12. The van der Waals surface area contributed by atoms with E-state index in [-0.39, 0.29) is 11.9 Å². The molecule has 1 atom stereocenters. The van der Waals surface area contributed by atoms with E-state index in [1.807, 2.05) is 11.0 Å². The van der Waals surface area contributed by atoms with Crippen LogP contribution in [0.25, 0.3) is 0 Å². The molecular formula is C13H24N6. The molecule has 19 heavy (non-hydrogen) atoms. The molecule has 1 rings (SSSR count). The average molecular weight is 264 g/mol. The van der Waals surface area contributed by atoms with Crippen molar-refractivity contribution in [1.82, 2.24) is 10.2 Å². The molecule has 0 aromatic carbocycles. The molecule has 0 aromatic rings. The summed E-state index contributed by atoms with van der Waals surface area (Å²) in [4.78, 5) is 10.0. The minimum atomic E-state index is 0.233. The van der Waals surface area contributed by atoms with Crippen LogP contribution in [0.2, 0.25) is 0 Å². The average Bonchev–Trinajstić information content (AvgIpc) is 2.80. The summed E-state index contributed by atoms with van der Waals surface area (Å²) in [6.07, 6.45) is 7.53. The van der Waals surface area contributed by atoms with E-state index in [0.717, 1.165) is 25.9 Å².